The van der Waals surface area contributed by atoms with Crippen molar-refractivity contribution in [1.82, 2.24) is 14.1 Å². The van der Waals surface area contributed by atoms with Crippen molar-refractivity contribution in [2.24, 2.45) is 0 Å². The van der Waals surface area contributed by atoms with E-state index in [0.717, 1.165) is 17.3 Å². The SMILES string of the molecule is Cc1ccc(C(=O)NC(C)c2ccc(Cl)cc2Cl)c(NS(=O)(=O)c2cccc3nsnc23)c1. The molecule has 0 saturated carbocycles. The second kappa shape index (κ2) is 9.26. The van der Waals surface area contributed by atoms with Crippen molar-refractivity contribution in [2.45, 2.75) is 24.8 Å². The Kier molecular flexibility index (Phi) is 6.58. The molecule has 1 aromatic heterocycles. The Balaban J connectivity index is 1.65. The van der Waals surface area contributed by atoms with Gasteiger partial charge in [0, 0.05) is 10.0 Å². The number of fused-ring (bicyclic) bond motifs is 1. The van der Waals surface area contributed by atoms with Gasteiger partial charge in [0.2, 0.25) is 0 Å². The number of carbonyl (C=O) groups excluding carboxylic acids is 1. The van der Waals surface area contributed by atoms with Gasteiger partial charge in [0.15, 0.2) is 0 Å². The molecule has 170 valence electrons. The first-order chi connectivity index (χ1) is 15.7. The fourth-order valence-corrected chi connectivity index (χ4v) is 5.75. The first-order valence-corrected chi connectivity index (χ1v) is 12.7. The van der Waals surface area contributed by atoms with Crippen molar-refractivity contribution in [3.63, 3.8) is 0 Å². The van der Waals surface area contributed by atoms with Gasteiger partial charge in [0.25, 0.3) is 15.9 Å². The second-order valence-corrected chi connectivity index (χ2v) is 10.4. The van der Waals surface area contributed by atoms with Gasteiger partial charge in [-0.2, -0.15) is 8.75 Å². The summed E-state index contributed by atoms with van der Waals surface area (Å²) in [4.78, 5) is 13.1. The van der Waals surface area contributed by atoms with Crippen LogP contribution in [-0.2, 0) is 10.0 Å². The van der Waals surface area contributed by atoms with Gasteiger partial charge >= 0.3 is 0 Å². The molecule has 0 aliphatic carbocycles. The topological polar surface area (TPSA) is 101 Å². The van der Waals surface area contributed by atoms with Crippen LogP contribution in [0.2, 0.25) is 10.0 Å². The van der Waals surface area contributed by atoms with Crippen LogP contribution in [0.4, 0.5) is 5.69 Å². The number of benzene rings is 3. The molecule has 0 radical (unpaired) electrons. The Morgan fingerprint density at radius 2 is 1.85 bits per heavy atom. The van der Waals surface area contributed by atoms with E-state index in [1.165, 1.54) is 6.07 Å². The molecule has 4 rings (SSSR count). The van der Waals surface area contributed by atoms with Gasteiger partial charge in [-0.1, -0.05) is 41.4 Å². The molecule has 1 amide bonds. The summed E-state index contributed by atoms with van der Waals surface area (Å²) in [6.45, 7) is 3.58. The van der Waals surface area contributed by atoms with Crippen molar-refractivity contribution in [3.8, 4) is 0 Å². The molecule has 7 nitrogen and oxygen atoms in total. The number of carbonyl (C=O) groups is 1. The molecule has 1 unspecified atom stereocenters. The van der Waals surface area contributed by atoms with Crippen molar-refractivity contribution < 1.29 is 13.2 Å². The molecule has 0 aliphatic heterocycles. The average Bonchev–Trinajstić information content (AvgIpc) is 3.22. The average molecular weight is 521 g/mol. The van der Waals surface area contributed by atoms with Gasteiger partial charge in [-0.15, -0.1) is 0 Å². The maximum Gasteiger partial charge on any atom is 0.264 e. The highest BCUT2D eigenvalue weighted by Gasteiger charge is 2.23. The third kappa shape index (κ3) is 4.96. The predicted octanol–water partition coefficient (Wildman–Crippen LogP) is 5.60. The van der Waals surface area contributed by atoms with Crippen LogP contribution in [0, 0.1) is 6.92 Å². The minimum absolute atomic E-state index is 0.0112. The Labute approximate surface area is 205 Å². The summed E-state index contributed by atoms with van der Waals surface area (Å²) in [5, 5.41) is 3.77. The minimum Gasteiger partial charge on any atom is -0.345 e. The van der Waals surface area contributed by atoms with Crippen LogP contribution in [0.3, 0.4) is 0 Å². The molecule has 11 heteroatoms. The molecule has 0 bridgehead atoms. The quantitative estimate of drug-likeness (QED) is 0.344. The number of rotatable bonds is 6. The molecular weight excluding hydrogens is 503 g/mol. The van der Waals surface area contributed by atoms with Gasteiger partial charge < -0.3 is 5.32 Å². The van der Waals surface area contributed by atoms with Gasteiger partial charge in [-0.3, -0.25) is 9.52 Å². The smallest absolute Gasteiger partial charge is 0.264 e. The van der Waals surface area contributed by atoms with E-state index in [1.807, 2.05) is 0 Å². The Morgan fingerprint density at radius 3 is 2.61 bits per heavy atom. The standard InChI is InChI=1S/C22H18Cl2N4O3S2/c1-12-6-8-16(22(29)25-13(2)15-9-7-14(23)11-17(15)24)19(10-12)28-33(30,31)20-5-3-4-18-21(20)27-32-26-18/h3-11,13,28H,1-2H3,(H,25,29). The van der Waals surface area contributed by atoms with Crippen LogP contribution in [0.25, 0.3) is 11.0 Å². The molecular formula is C22H18Cl2N4O3S2. The number of anilines is 1. The highest BCUT2D eigenvalue weighted by atomic mass is 35.5. The summed E-state index contributed by atoms with van der Waals surface area (Å²) in [6, 6.07) is 14.2. The zero-order valence-corrected chi connectivity index (χ0v) is 20.6. The fourth-order valence-electron chi connectivity index (χ4n) is 3.34. The lowest BCUT2D eigenvalue weighted by Crippen LogP contribution is -2.28. The third-order valence-corrected chi connectivity index (χ3v) is 7.48. The molecule has 0 aliphatic rings. The van der Waals surface area contributed by atoms with Crippen LogP contribution in [0.1, 0.15) is 34.5 Å². The molecule has 3 aromatic carbocycles. The maximum atomic E-state index is 13.2. The Morgan fingerprint density at radius 1 is 1.06 bits per heavy atom. The van der Waals surface area contributed by atoms with Gasteiger partial charge in [-0.25, -0.2) is 8.42 Å². The molecule has 33 heavy (non-hydrogen) atoms. The highest BCUT2D eigenvalue weighted by Crippen LogP contribution is 2.28. The van der Waals surface area contributed by atoms with E-state index in [9.17, 15) is 13.2 Å². The Bertz CT molecular complexity index is 1470. The molecule has 1 atom stereocenters. The highest BCUT2D eigenvalue weighted by molar-refractivity contribution is 7.93. The van der Waals surface area contributed by atoms with Crippen molar-refractivity contribution in [3.05, 3.63) is 81.3 Å². The lowest BCUT2D eigenvalue weighted by molar-refractivity contribution is 0.0941. The minimum atomic E-state index is -4.04. The lowest BCUT2D eigenvalue weighted by atomic mass is 10.1. The number of sulfonamides is 1. The van der Waals surface area contributed by atoms with E-state index in [1.54, 1.807) is 62.4 Å². The monoisotopic (exact) mass is 520 g/mol. The first-order valence-electron chi connectivity index (χ1n) is 9.76. The van der Waals surface area contributed by atoms with Crippen molar-refractivity contribution in [2.75, 3.05) is 4.72 Å². The van der Waals surface area contributed by atoms with Crippen LogP contribution in [0.15, 0.2) is 59.5 Å². The second-order valence-electron chi connectivity index (χ2n) is 7.40. The van der Waals surface area contributed by atoms with E-state index in [2.05, 4.69) is 18.8 Å². The lowest BCUT2D eigenvalue weighted by Gasteiger charge is -2.18. The fraction of sp³-hybridized carbons (Fsp3) is 0.136. The van der Waals surface area contributed by atoms with Crippen LogP contribution in [0.5, 0.6) is 0 Å². The third-order valence-electron chi connectivity index (χ3n) is 4.98. The molecule has 1 heterocycles. The molecule has 0 fully saturated rings. The van der Waals surface area contributed by atoms with Crippen LogP contribution >= 0.6 is 34.9 Å². The van der Waals surface area contributed by atoms with Crippen molar-refractivity contribution >= 4 is 67.6 Å². The number of aryl methyl sites for hydroxylation is 1. The van der Waals surface area contributed by atoms with Crippen LogP contribution < -0.4 is 10.0 Å². The van der Waals surface area contributed by atoms with E-state index in [4.69, 9.17) is 23.2 Å². The zero-order chi connectivity index (χ0) is 23.8. The summed E-state index contributed by atoms with van der Waals surface area (Å²) in [6.07, 6.45) is 0. The summed E-state index contributed by atoms with van der Waals surface area (Å²) < 4.78 is 37.1. The number of hydrogen-bond acceptors (Lipinski definition) is 6. The van der Waals surface area contributed by atoms with Gasteiger partial charge in [-0.05, 0) is 61.4 Å². The first kappa shape index (κ1) is 23.4. The summed E-state index contributed by atoms with van der Waals surface area (Å²) >= 11 is 13.1. The number of nitrogens with one attached hydrogen (secondary N) is 2. The molecule has 4 aromatic rings. The maximum absolute atomic E-state index is 13.2. The number of aromatic nitrogens is 2. The van der Waals surface area contributed by atoms with E-state index in [-0.39, 0.29) is 21.7 Å². The Hall–Kier alpha value is -2.72. The van der Waals surface area contributed by atoms with Gasteiger partial charge in [0.1, 0.15) is 15.9 Å². The van der Waals surface area contributed by atoms with Crippen LogP contribution in [-0.4, -0.2) is 23.1 Å². The van der Waals surface area contributed by atoms with E-state index < -0.39 is 22.0 Å². The molecule has 0 saturated heterocycles. The number of hydrogen-bond donors (Lipinski definition) is 2. The van der Waals surface area contributed by atoms with E-state index in [0.29, 0.717) is 21.1 Å². The molecule has 2 N–H and O–H groups in total. The summed E-state index contributed by atoms with van der Waals surface area (Å²) in [7, 11) is -4.04. The largest absolute Gasteiger partial charge is 0.345 e. The summed E-state index contributed by atoms with van der Waals surface area (Å²) in [5.74, 6) is -0.459. The summed E-state index contributed by atoms with van der Waals surface area (Å²) in [5.41, 5.74) is 2.56. The number of halogens is 2. The molecule has 0 spiro atoms. The predicted molar refractivity (Wildman–Crippen MR) is 132 cm³/mol. The van der Waals surface area contributed by atoms with E-state index >= 15 is 0 Å². The number of amides is 1. The van der Waals surface area contributed by atoms with Crippen molar-refractivity contribution in [1.29, 1.82) is 0 Å². The van der Waals surface area contributed by atoms with Gasteiger partial charge in [0.05, 0.1) is 29.0 Å². The number of nitrogens with zero attached hydrogens (tertiary/aromatic N) is 2. The normalized spacial score (nSPS) is 12.5. The zero-order valence-electron chi connectivity index (χ0n) is 17.5.